The van der Waals surface area contributed by atoms with E-state index in [9.17, 15) is 9.18 Å². The first-order valence-electron chi connectivity index (χ1n) is 11.0. The molecule has 3 aromatic carbocycles. The number of rotatable bonds is 7. The van der Waals surface area contributed by atoms with E-state index in [1.54, 1.807) is 19.2 Å². The summed E-state index contributed by atoms with van der Waals surface area (Å²) in [5.41, 5.74) is 9.04. The smallest absolute Gasteiger partial charge is 0.251 e. The van der Waals surface area contributed by atoms with E-state index in [-0.39, 0.29) is 5.82 Å². The molecule has 0 saturated carbocycles. The van der Waals surface area contributed by atoms with Crippen molar-refractivity contribution >= 4 is 55.4 Å². The number of ether oxygens (including phenoxy) is 1. The van der Waals surface area contributed by atoms with E-state index in [0.29, 0.717) is 17.9 Å². The molecule has 1 amide bonds. The van der Waals surface area contributed by atoms with E-state index in [4.69, 9.17) is 10.5 Å². The number of hydrogen-bond acceptors (Lipinski definition) is 5. The van der Waals surface area contributed by atoms with Gasteiger partial charge in [0.05, 0.1) is 17.4 Å². The van der Waals surface area contributed by atoms with Crippen molar-refractivity contribution in [1.29, 1.82) is 0 Å². The molecule has 0 radical (unpaired) electrons. The maximum atomic E-state index is 13.2. The van der Waals surface area contributed by atoms with Gasteiger partial charge in [-0.25, -0.2) is 9.37 Å². The van der Waals surface area contributed by atoms with Gasteiger partial charge in [-0.1, -0.05) is 48.6 Å². The number of halogens is 1. The number of hydrogen-bond donors (Lipinski definition) is 2. The number of pyridine rings is 1. The molecule has 174 valence electrons. The van der Waals surface area contributed by atoms with Crippen LogP contribution in [0.3, 0.4) is 0 Å². The monoisotopic (exact) mass is 483 g/mol. The third-order valence-corrected chi connectivity index (χ3v) is 6.93. The maximum absolute atomic E-state index is 13.2. The lowest BCUT2D eigenvalue weighted by Crippen LogP contribution is -2.12. The Labute approximate surface area is 205 Å². The molecule has 0 saturated heterocycles. The normalized spacial score (nSPS) is 11.4. The molecule has 0 bridgehead atoms. The van der Waals surface area contributed by atoms with Crippen molar-refractivity contribution in [2.24, 2.45) is 5.73 Å². The number of nitrogens with zero attached hydrogens (tertiary/aromatic N) is 1. The number of nitrogens with two attached hydrogens (primary N) is 1. The number of methoxy groups -OCH3 is 1. The number of thiophene rings is 1. The summed E-state index contributed by atoms with van der Waals surface area (Å²) in [7, 11) is 1.64. The van der Waals surface area contributed by atoms with Gasteiger partial charge < -0.3 is 15.8 Å². The second kappa shape index (κ2) is 9.56. The van der Waals surface area contributed by atoms with E-state index in [2.05, 4.69) is 16.4 Å². The Bertz CT molecular complexity index is 1560. The summed E-state index contributed by atoms with van der Waals surface area (Å²) in [6, 6.07) is 20.3. The van der Waals surface area contributed by atoms with Crippen LogP contribution in [0.4, 0.5) is 10.2 Å². The molecule has 0 aliphatic heterocycles. The summed E-state index contributed by atoms with van der Waals surface area (Å²) in [6.45, 7) is 0.567. The first-order chi connectivity index (χ1) is 17.0. The predicted octanol–water partition coefficient (Wildman–Crippen LogP) is 6.48. The van der Waals surface area contributed by atoms with Crippen molar-refractivity contribution in [2.45, 2.75) is 6.54 Å². The van der Waals surface area contributed by atoms with E-state index < -0.39 is 5.91 Å². The van der Waals surface area contributed by atoms with Gasteiger partial charge in [-0.3, -0.25) is 4.79 Å². The molecule has 5 aromatic rings. The van der Waals surface area contributed by atoms with E-state index >= 15 is 0 Å². The number of benzene rings is 3. The van der Waals surface area contributed by atoms with Crippen molar-refractivity contribution in [3.63, 3.8) is 0 Å². The molecule has 5 nitrogen and oxygen atoms in total. The number of fused-ring (bicyclic) bond motifs is 3. The molecule has 0 atom stereocenters. The highest BCUT2D eigenvalue weighted by Crippen LogP contribution is 2.40. The second-order valence-corrected chi connectivity index (χ2v) is 9.09. The zero-order chi connectivity index (χ0) is 24.4. The van der Waals surface area contributed by atoms with E-state index in [1.165, 1.54) is 29.7 Å². The highest BCUT2D eigenvalue weighted by atomic mass is 32.1. The van der Waals surface area contributed by atoms with Gasteiger partial charge in [-0.15, -0.1) is 11.3 Å². The summed E-state index contributed by atoms with van der Waals surface area (Å²) in [6.07, 6.45) is 5.45. The number of primary amides is 1. The number of anilines is 1. The fourth-order valence-corrected chi connectivity index (χ4v) is 5.17. The molecular weight excluding hydrogens is 461 g/mol. The van der Waals surface area contributed by atoms with Crippen molar-refractivity contribution in [3.8, 4) is 5.75 Å². The van der Waals surface area contributed by atoms with Crippen LogP contribution in [0, 0.1) is 5.82 Å². The van der Waals surface area contributed by atoms with Crippen molar-refractivity contribution < 1.29 is 13.9 Å². The van der Waals surface area contributed by atoms with Crippen LogP contribution >= 0.6 is 11.3 Å². The molecule has 0 spiro atoms. The van der Waals surface area contributed by atoms with Gasteiger partial charge in [0.1, 0.15) is 17.4 Å². The lowest BCUT2D eigenvalue weighted by atomic mass is 10.1. The summed E-state index contributed by atoms with van der Waals surface area (Å²) < 4.78 is 20.2. The minimum absolute atomic E-state index is 0.260. The summed E-state index contributed by atoms with van der Waals surface area (Å²) in [5.74, 6) is 0.728. The Morgan fingerprint density at radius 1 is 1.06 bits per heavy atom. The zero-order valence-corrected chi connectivity index (χ0v) is 19.7. The number of nitrogens with one attached hydrogen (secondary N) is 1. The number of aromatic nitrogens is 1. The first-order valence-corrected chi connectivity index (χ1v) is 11.8. The predicted molar refractivity (Wildman–Crippen MR) is 141 cm³/mol. The van der Waals surface area contributed by atoms with Crippen molar-refractivity contribution in [3.05, 3.63) is 101 Å². The number of carbonyl (C=O) groups is 1. The molecule has 0 fully saturated rings. The van der Waals surface area contributed by atoms with Crippen LogP contribution in [0.5, 0.6) is 5.75 Å². The fourth-order valence-electron chi connectivity index (χ4n) is 3.90. The minimum Gasteiger partial charge on any atom is -0.497 e. The second-order valence-electron chi connectivity index (χ2n) is 8.03. The van der Waals surface area contributed by atoms with Crippen LogP contribution in [0.2, 0.25) is 0 Å². The van der Waals surface area contributed by atoms with Gasteiger partial charge in [0.15, 0.2) is 0 Å². The Hall–Kier alpha value is -4.23. The quantitative estimate of drug-likeness (QED) is 0.260. The Kier molecular flexibility index (Phi) is 6.16. The standard InChI is InChI=1S/C28H22FN3O2S/c1-34-21-11-6-19(7-12-21)15-31-28-25-22-13-8-18(3-2-17-4-9-20(29)10-5-17)14-24(22)35-26(25)23(16-32-28)27(30)33/h2-14,16H,15H2,1H3,(H2,30,33)(H,31,32). The molecule has 0 aliphatic rings. The highest BCUT2D eigenvalue weighted by molar-refractivity contribution is 7.26. The van der Waals surface area contributed by atoms with E-state index in [0.717, 1.165) is 42.6 Å². The average molecular weight is 484 g/mol. The third kappa shape index (κ3) is 4.72. The Morgan fingerprint density at radius 2 is 1.77 bits per heavy atom. The third-order valence-electron chi connectivity index (χ3n) is 5.74. The van der Waals surface area contributed by atoms with Crippen LogP contribution in [-0.2, 0) is 6.54 Å². The molecule has 2 aromatic heterocycles. The SMILES string of the molecule is COc1ccc(CNc2ncc(C(N)=O)c3sc4cc(C=Cc5ccc(F)cc5)ccc4c23)cc1. The van der Waals surface area contributed by atoms with Gasteiger partial charge in [-0.05, 0) is 47.0 Å². The molecular formula is C28H22FN3O2S. The fraction of sp³-hybridized carbons (Fsp3) is 0.0714. The summed E-state index contributed by atoms with van der Waals surface area (Å²) >= 11 is 1.51. The van der Waals surface area contributed by atoms with E-state index in [1.807, 2.05) is 48.6 Å². The number of carbonyl (C=O) groups excluding carboxylic acids is 1. The highest BCUT2D eigenvalue weighted by Gasteiger charge is 2.17. The van der Waals surface area contributed by atoms with Crippen LogP contribution in [-0.4, -0.2) is 18.0 Å². The van der Waals surface area contributed by atoms with Gasteiger partial charge in [-0.2, -0.15) is 0 Å². The molecule has 0 unspecified atom stereocenters. The topological polar surface area (TPSA) is 77.2 Å². The van der Waals surface area contributed by atoms with Crippen LogP contribution < -0.4 is 15.8 Å². The minimum atomic E-state index is -0.507. The maximum Gasteiger partial charge on any atom is 0.251 e. The zero-order valence-electron chi connectivity index (χ0n) is 18.9. The summed E-state index contributed by atoms with van der Waals surface area (Å²) in [4.78, 5) is 16.6. The molecule has 7 heteroatoms. The summed E-state index contributed by atoms with van der Waals surface area (Å²) in [5, 5.41) is 5.29. The Balaban J connectivity index is 1.51. The number of amides is 1. The first kappa shape index (κ1) is 22.6. The average Bonchev–Trinajstić information content (AvgIpc) is 3.26. The molecule has 0 aliphatic carbocycles. The van der Waals surface area contributed by atoms with Crippen molar-refractivity contribution in [2.75, 3.05) is 12.4 Å². The molecule has 35 heavy (non-hydrogen) atoms. The lowest BCUT2D eigenvalue weighted by molar-refractivity contribution is 0.100. The van der Waals surface area contributed by atoms with Crippen LogP contribution in [0.25, 0.3) is 32.3 Å². The Morgan fingerprint density at radius 3 is 2.49 bits per heavy atom. The largest absolute Gasteiger partial charge is 0.497 e. The van der Waals surface area contributed by atoms with Gasteiger partial charge >= 0.3 is 0 Å². The molecule has 3 N–H and O–H groups in total. The lowest BCUT2D eigenvalue weighted by Gasteiger charge is -2.09. The van der Waals surface area contributed by atoms with Gasteiger partial charge in [0, 0.05) is 28.2 Å². The van der Waals surface area contributed by atoms with Crippen LogP contribution in [0.15, 0.2) is 72.9 Å². The van der Waals surface area contributed by atoms with Crippen LogP contribution in [0.1, 0.15) is 27.0 Å². The van der Waals surface area contributed by atoms with Crippen molar-refractivity contribution in [1.82, 2.24) is 4.98 Å². The molecule has 2 heterocycles. The van der Waals surface area contributed by atoms with Gasteiger partial charge in [0.2, 0.25) is 0 Å². The molecule has 5 rings (SSSR count). The van der Waals surface area contributed by atoms with Gasteiger partial charge in [0.25, 0.3) is 5.91 Å².